The molecule has 0 N–H and O–H groups in total. The highest BCUT2D eigenvalue weighted by Crippen LogP contribution is 2.28. The third-order valence-corrected chi connectivity index (χ3v) is 3.12. The van der Waals surface area contributed by atoms with Crippen LogP contribution in [-0.2, 0) is 11.3 Å². The predicted octanol–water partition coefficient (Wildman–Crippen LogP) is 2.97. The van der Waals surface area contributed by atoms with Gasteiger partial charge in [-0.25, -0.2) is 4.79 Å². The zero-order chi connectivity index (χ0) is 16.8. The molecule has 0 amide bonds. The lowest BCUT2D eigenvalue weighted by Gasteiger charge is -2.08. The first-order chi connectivity index (χ1) is 11.0. The van der Waals surface area contributed by atoms with Gasteiger partial charge in [-0.2, -0.15) is 0 Å². The topological polar surface area (TPSA) is 87.9 Å². The number of nitro groups is 1. The third-order valence-electron chi connectivity index (χ3n) is 3.12. The number of benzene rings is 2. The van der Waals surface area contributed by atoms with Crippen molar-refractivity contribution in [1.82, 2.24) is 0 Å². The van der Waals surface area contributed by atoms with Gasteiger partial charge in [0.1, 0.15) is 12.4 Å². The lowest BCUT2D eigenvalue weighted by Crippen LogP contribution is -2.01. The van der Waals surface area contributed by atoms with E-state index in [1.165, 1.54) is 26.4 Å². The summed E-state index contributed by atoms with van der Waals surface area (Å²) in [7, 11) is 2.69. The Morgan fingerprint density at radius 2 is 1.83 bits per heavy atom. The van der Waals surface area contributed by atoms with E-state index in [2.05, 4.69) is 4.74 Å². The van der Waals surface area contributed by atoms with E-state index < -0.39 is 10.9 Å². The van der Waals surface area contributed by atoms with Crippen molar-refractivity contribution < 1.29 is 23.9 Å². The molecular formula is C16H15NO6. The Hall–Kier alpha value is -3.09. The molecule has 0 atom stereocenters. The minimum Gasteiger partial charge on any atom is -0.490 e. The molecule has 0 bridgehead atoms. The van der Waals surface area contributed by atoms with Gasteiger partial charge < -0.3 is 14.2 Å². The summed E-state index contributed by atoms with van der Waals surface area (Å²) in [5.74, 6) is 0.305. The van der Waals surface area contributed by atoms with Crippen LogP contribution in [0.3, 0.4) is 0 Å². The van der Waals surface area contributed by atoms with Gasteiger partial charge in [-0.05, 0) is 35.9 Å². The maximum Gasteiger partial charge on any atom is 0.337 e. The zero-order valence-electron chi connectivity index (χ0n) is 12.6. The summed E-state index contributed by atoms with van der Waals surface area (Å²) in [6.07, 6.45) is 0. The molecule has 120 valence electrons. The van der Waals surface area contributed by atoms with Crippen LogP contribution < -0.4 is 9.47 Å². The van der Waals surface area contributed by atoms with Crippen molar-refractivity contribution in [2.45, 2.75) is 6.61 Å². The van der Waals surface area contributed by atoms with Gasteiger partial charge in [0.05, 0.1) is 24.7 Å². The first-order valence-corrected chi connectivity index (χ1v) is 6.67. The highest BCUT2D eigenvalue weighted by Gasteiger charge is 2.15. The molecule has 0 radical (unpaired) electrons. The molecule has 7 heteroatoms. The first kappa shape index (κ1) is 16.3. The van der Waals surface area contributed by atoms with Crippen LogP contribution in [0.5, 0.6) is 11.5 Å². The number of carbonyl (C=O) groups excluding carboxylic acids is 1. The highest BCUT2D eigenvalue weighted by molar-refractivity contribution is 5.89. The van der Waals surface area contributed by atoms with Gasteiger partial charge in [0.2, 0.25) is 0 Å². The van der Waals surface area contributed by atoms with E-state index in [1.807, 2.05) is 0 Å². The van der Waals surface area contributed by atoms with Crippen molar-refractivity contribution in [3.8, 4) is 11.5 Å². The molecule has 0 saturated carbocycles. The van der Waals surface area contributed by atoms with Gasteiger partial charge in [0, 0.05) is 6.07 Å². The van der Waals surface area contributed by atoms with Gasteiger partial charge in [-0.1, -0.05) is 6.07 Å². The molecule has 0 heterocycles. The summed E-state index contributed by atoms with van der Waals surface area (Å²) < 4.78 is 15.1. The number of methoxy groups -OCH3 is 2. The average Bonchev–Trinajstić information content (AvgIpc) is 2.59. The molecule has 2 rings (SSSR count). The maximum atomic E-state index is 11.3. The number of carbonyl (C=O) groups is 1. The number of esters is 1. The van der Waals surface area contributed by atoms with E-state index in [0.717, 1.165) is 0 Å². The normalized spacial score (nSPS) is 10.0. The standard InChI is InChI=1S/C16H15NO6/c1-21-15-8-3-11(9-14(15)17(19)20)10-23-13-6-4-12(5-7-13)16(18)22-2/h3-9H,10H2,1-2H3. The van der Waals surface area contributed by atoms with Crippen LogP contribution >= 0.6 is 0 Å². The molecule has 0 aromatic heterocycles. The fraction of sp³-hybridized carbons (Fsp3) is 0.188. The summed E-state index contributed by atoms with van der Waals surface area (Å²) >= 11 is 0. The lowest BCUT2D eigenvalue weighted by atomic mass is 10.2. The van der Waals surface area contributed by atoms with E-state index in [1.54, 1.807) is 30.3 Å². The minimum atomic E-state index is -0.506. The molecule has 2 aromatic rings. The quantitative estimate of drug-likeness (QED) is 0.462. The van der Waals surface area contributed by atoms with Crippen LogP contribution in [0.15, 0.2) is 42.5 Å². The van der Waals surface area contributed by atoms with Crippen LogP contribution in [0.2, 0.25) is 0 Å². The Morgan fingerprint density at radius 3 is 2.39 bits per heavy atom. The fourth-order valence-electron chi connectivity index (χ4n) is 1.94. The van der Waals surface area contributed by atoms with Crippen molar-refractivity contribution >= 4 is 11.7 Å². The van der Waals surface area contributed by atoms with Crippen LogP contribution in [-0.4, -0.2) is 25.1 Å². The number of hydrogen-bond acceptors (Lipinski definition) is 6. The van der Waals surface area contributed by atoms with Crippen LogP contribution in [0.1, 0.15) is 15.9 Å². The lowest BCUT2D eigenvalue weighted by molar-refractivity contribution is -0.385. The second-order valence-electron chi connectivity index (χ2n) is 4.57. The number of nitrogens with zero attached hydrogens (tertiary/aromatic N) is 1. The van der Waals surface area contributed by atoms with Crippen molar-refractivity contribution in [3.05, 3.63) is 63.7 Å². The van der Waals surface area contributed by atoms with Gasteiger partial charge in [0.25, 0.3) is 0 Å². The van der Waals surface area contributed by atoms with E-state index in [4.69, 9.17) is 9.47 Å². The summed E-state index contributed by atoms with van der Waals surface area (Å²) in [6.45, 7) is 0.155. The molecule has 0 aliphatic rings. The molecule has 0 saturated heterocycles. The summed E-state index contributed by atoms with van der Waals surface area (Å²) in [4.78, 5) is 21.8. The molecule has 0 spiro atoms. The molecular weight excluding hydrogens is 302 g/mol. The summed E-state index contributed by atoms with van der Waals surface area (Å²) in [6, 6.07) is 11.0. The van der Waals surface area contributed by atoms with E-state index in [0.29, 0.717) is 16.9 Å². The Morgan fingerprint density at radius 1 is 1.13 bits per heavy atom. The largest absolute Gasteiger partial charge is 0.490 e. The summed E-state index contributed by atoms with van der Waals surface area (Å²) in [5.41, 5.74) is 0.934. The first-order valence-electron chi connectivity index (χ1n) is 6.67. The second-order valence-corrected chi connectivity index (χ2v) is 4.57. The van der Waals surface area contributed by atoms with Gasteiger partial charge in [-0.3, -0.25) is 10.1 Å². The summed E-state index contributed by atoms with van der Waals surface area (Å²) in [5, 5.41) is 11.0. The van der Waals surface area contributed by atoms with E-state index >= 15 is 0 Å². The van der Waals surface area contributed by atoms with Gasteiger partial charge in [-0.15, -0.1) is 0 Å². The number of ether oxygens (including phenoxy) is 3. The molecule has 0 aliphatic carbocycles. The Kier molecular flexibility index (Phi) is 5.14. The van der Waals surface area contributed by atoms with Crippen molar-refractivity contribution in [3.63, 3.8) is 0 Å². The molecule has 7 nitrogen and oxygen atoms in total. The van der Waals surface area contributed by atoms with E-state index in [-0.39, 0.29) is 18.0 Å². The van der Waals surface area contributed by atoms with Crippen LogP contribution in [0.25, 0.3) is 0 Å². The molecule has 23 heavy (non-hydrogen) atoms. The van der Waals surface area contributed by atoms with Crippen LogP contribution in [0.4, 0.5) is 5.69 Å². The van der Waals surface area contributed by atoms with Crippen molar-refractivity contribution in [2.24, 2.45) is 0 Å². The molecule has 0 fully saturated rings. The van der Waals surface area contributed by atoms with E-state index in [9.17, 15) is 14.9 Å². The molecule has 0 unspecified atom stereocenters. The Labute approximate surface area is 132 Å². The Bertz CT molecular complexity index is 711. The highest BCUT2D eigenvalue weighted by atomic mass is 16.6. The van der Waals surface area contributed by atoms with Gasteiger partial charge >= 0.3 is 11.7 Å². The minimum absolute atomic E-state index is 0.116. The smallest absolute Gasteiger partial charge is 0.337 e. The monoisotopic (exact) mass is 317 g/mol. The SMILES string of the molecule is COC(=O)c1ccc(OCc2ccc(OC)c([N+](=O)[O-])c2)cc1. The average molecular weight is 317 g/mol. The third kappa shape index (κ3) is 3.97. The molecule has 2 aromatic carbocycles. The maximum absolute atomic E-state index is 11.3. The predicted molar refractivity (Wildman–Crippen MR) is 81.8 cm³/mol. The van der Waals surface area contributed by atoms with Gasteiger partial charge in [0.15, 0.2) is 5.75 Å². The van der Waals surface area contributed by atoms with Crippen LogP contribution in [0, 0.1) is 10.1 Å². The van der Waals surface area contributed by atoms with Crippen molar-refractivity contribution in [2.75, 3.05) is 14.2 Å². The Balaban J connectivity index is 2.07. The molecule has 0 aliphatic heterocycles. The number of nitro benzene ring substituents is 1. The number of rotatable bonds is 6. The second kappa shape index (κ2) is 7.26. The van der Waals surface area contributed by atoms with Crippen molar-refractivity contribution in [1.29, 1.82) is 0 Å². The number of hydrogen-bond donors (Lipinski definition) is 0. The zero-order valence-corrected chi connectivity index (χ0v) is 12.6. The fourth-order valence-corrected chi connectivity index (χ4v) is 1.94.